The number of rotatable bonds is 1. The first-order valence-electron chi connectivity index (χ1n) is 3.97. The van der Waals surface area contributed by atoms with Gasteiger partial charge in [0.15, 0.2) is 5.78 Å². The van der Waals surface area contributed by atoms with Crippen molar-refractivity contribution >= 4 is 5.78 Å². The summed E-state index contributed by atoms with van der Waals surface area (Å²) in [5.74, 6) is 0.481. The molecular formula is C9H9NO3. The first-order chi connectivity index (χ1) is 6.33. The standard InChI is InChI=1S/C9H9NO3/c11-7-5-13-8-4-2-1-3-6(8)9(7)10-12/h1-4,9-10,12H,5H2. The van der Waals surface area contributed by atoms with Gasteiger partial charge in [-0.2, -0.15) is 5.48 Å². The van der Waals surface area contributed by atoms with Gasteiger partial charge in [0, 0.05) is 5.56 Å². The first-order valence-corrected chi connectivity index (χ1v) is 3.97. The Kier molecular flexibility index (Phi) is 2.00. The zero-order chi connectivity index (χ0) is 9.26. The van der Waals surface area contributed by atoms with Crippen molar-refractivity contribution in [2.75, 3.05) is 6.61 Å². The molecule has 2 rings (SSSR count). The minimum atomic E-state index is -0.648. The van der Waals surface area contributed by atoms with E-state index in [0.717, 1.165) is 0 Å². The van der Waals surface area contributed by atoms with E-state index in [1.807, 2.05) is 11.5 Å². The van der Waals surface area contributed by atoms with E-state index in [1.165, 1.54) is 0 Å². The second kappa shape index (κ2) is 3.16. The fraction of sp³-hybridized carbons (Fsp3) is 0.222. The van der Waals surface area contributed by atoms with Gasteiger partial charge < -0.3 is 9.94 Å². The molecule has 0 saturated carbocycles. The van der Waals surface area contributed by atoms with Crippen LogP contribution < -0.4 is 10.2 Å². The van der Waals surface area contributed by atoms with Crippen LogP contribution in [0.1, 0.15) is 11.6 Å². The second-order valence-corrected chi connectivity index (χ2v) is 2.85. The molecule has 1 atom stereocenters. The number of carbonyl (C=O) groups is 1. The van der Waals surface area contributed by atoms with Crippen molar-refractivity contribution < 1.29 is 14.7 Å². The molecule has 13 heavy (non-hydrogen) atoms. The van der Waals surface area contributed by atoms with Crippen LogP contribution >= 0.6 is 0 Å². The summed E-state index contributed by atoms with van der Waals surface area (Å²) in [4.78, 5) is 11.2. The number of hydrogen-bond acceptors (Lipinski definition) is 4. The van der Waals surface area contributed by atoms with Gasteiger partial charge in [0.05, 0.1) is 0 Å². The highest BCUT2D eigenvalue weighted by atomic mass is 16.5. The van der Waals surface area contributed by atoms with Crippen LogP contribution in [0.3, 0.4) is 0 Å². The van der Waals surface area contributed by atoms with Gasteiger partial charge in [-0.1, -0.05) is 18.2 Å². The highest BCUT2D eigenvalue weighted by Crippen LogP contribution is 2.29. The predicted molar refractivity (Wildman–Crippen MR) is 44.6 cm³/mol. The molecule has 0 radical (unpaired) electrons. The topological polar surface area (TPSA) is 58.6 Å². The van der Waals surface area contributed by atoms with Gasteiger partial charge in [-0.15, -0.1) is 0 Å². The molecule has 1 aliphatic heterocycles. The summed E-state index contributed by atoms with van der Waals surface area (Å²) in [7, 11) is 0. The van der Waals surface area contributed by atoms with E-state index in [1.54, 1.807) is 18.2 Å². The van der Waals surface area contributed by atoms with Crippen molar-refractivity contribution in [2.45, 2.75) is 6.04 Å². The van der Waals surface area contributed by atoms with Gasteiger partial charge in [0.1, 0.15) is 18.4 Å². The molecule has 0 amide bonds. The van der Waals surface area contributed by atoms with E-state index in [4.69, 9.17) is 9.94 Å². The lowest BCUT2D eigenvalue weighted by Crippen LogP contribution is -2.33. The number of benzene rings is 1. The molecule has 68 valence electrons. The molecule has 1 aliphatic rings. The number of para-hydroxylation sites is 1. The van der Waals surface area contributed by atoms with Crippen LogP contribution in [0.2, 0.25) is 0 Å². The summed E-state index contributed by atoms with van der Waals surface area (Å²) in [6, 6.07) is 6.49. The number of nitrogens with one attached hydrogen (secondary N) is 1. The molecule has 0 aliphatic carbocycles. The fourth-order valence-corrected chi connectivity index (χ4v) is 1.40. The lowest BCUT2D eigenvalue weighted by atomic mass is 10.0. The zero-order valence-electron chi connectivity index (χ0n) is 6.86. The molecule has 0 aromatic heterocycles. The Morgan fingerprint density at radius 1 is 1.46 bits per heavy atom. The number of ether oxygens (including phenoxy) is 1. The lowest BCUT2D eigenvalue weighted by molar-refractivity contribution is -0.127. The summed E-state index contributed by atoms with van der Waals surface area (Å²) in [5, 5.41) is 8.78. The number of carbonyl (C=O) groups excluding carboxylic acids is 1. The second-order valence-electron chi connectivity index (χ2n) is 2.85. The fourth-order valence-electron chi connectivity index (χ4n) is 1.40. The van der Waals surface area contributed by atoms with Crippen LogP contribution in [-0.4, -0.2) is 17.6 Å². The maximum absolute atomic E-state index is 11.2. The smallest absolute Gasteiger partial charge is 0.193 e. The largest absolute Gasteiger partial charge is 0.485 e. The third-order valence-electron chi connectivity index (χ3n) is 2.05. The Hall–Kier alpha value is -1.39. The normalized spacial score (nSPS) is 20.7. The number of hydrogen-bond donors (Lipinski definition) is 2. The molecule has 0 saturated heterocycles. The highest BCUT2D eigenvalue weighted by Gasteiger charge is 2.27. The summed E-state index contributed by atoms with van der Waals surface area (Å²) in [6.07, 6.45) is 0. The number of Topliss-reactive ketones (excluding diaryl/α,β-unsaturated/α-hetero) is 1. The molecule has 1 aromatic rings. The summed E-state index contributed by atoms with van der Waals surface area (Å²) < 4.78 is 5.17. The van der Waals surface area contributed by atoms with Gasteiger partial charge in [-0.05, 0) is 6.07 Å². The van der Waals surface area contributed by atoms with Crippen LogP contribution in [0.25, 0.3) is 0 Å². The SMILES string of the molecule is O=C1COc2ccccc2C1NO. The third kappa shape index (κ3) is 1.30. The van der Waals surface area contributed by atoms with Crippen LogP contribution in [0, 0.1) is 0 Å². The van der Waals surface area contributed by atoms with Crippen LogP contribution in [0.5, 0.6) is 5.75 Å². The molecule has 1 unspecified atom stereocenters. The third-order valence-corrected chi connectivity index (χ3v) is 2.05. The van der Waals surface area contributed by atoms with Crippen molar-refractivity contribution in [3.05, 3.63) is 29.8 Å². The van der Waals surface area contributed by atoms with Crippen LogP contribution in [0.4, 0.5) is 0 Å². The molecule has 0 fully saturated rings. The van der Waals surface area contributed by atoms with Crippen molar-refractivity contribution in [1.29, 1.82) is 0 Å². The van der Waals surface area contributed by atoms with Gasteiger partial charge in [0.2, 0.25) is 0 Å². The van der Waals surface area contributed by atoms with E-state index in [0.29, 0.717) is 11.3 Å². The Morgan fingerprint density at radius 2 is 2.23 bits per heavy atom. The van der Waals surface area contributed by atoms with Crippen LogP contribution in [0.15, 0.2) is 24.3 Å². The first kappa shape index (κ1) is 8.22. The van der Waals surface area contributed by atoms with E-state index < -0.39 is 6.04 Å². The average molecular weight is 179 g/mol. The van der Waals surface area contributed by atoms with Crippen molar-refractivity contribution in [1.82, 2.24) is 5.48 Å². The number of fused-ring (bicyclic) bond motifs is 1. The van der Waals surface area contributed by atoms with E-state index in [2.05, 4.69) is 0 Å². The molecule has 2 N–H and O–H groups in total. The van der Waals surface area contributed by atoms with Crippen LogP contribution in [-0.2, 0) is 4.79 Å². The molecular weight excluding hydrogens is 170 g/mol. The van der Waals surface area contributed by atoms with E-state index in [9.17, 15) is 4.79 Å². The van der Waals surface area contributed by atoms with E-state index in [-0.39, 0.29) is 12.4 Å². The zero-order valence-corrected chi connectivity index (χ0v) is 6.86. The Bertz CT molecular complexity index is 337. The summed E-state index contributed by atoms with van der Waals surface area (Å²) >= 11 is 0. The average Bonchev–Trinajstić information content (AvgIpc) is 2.18. The van der Waals surface area contributed by atoms with Gasteiger partial charge in [-0.3, -0.25) is 4.79 Å². The molecule has 4 nitrogen and oxygen atoms in total. The number of ketones is 1. The Labute approximate surface area is 75.1 Å². The lowest BCUT2D eigenvalue weighted by Gasteiger charge is -2.22. The van der Waals surface area contributed by atoms with Gasteiger partial charge in [0.25, 0.3) is 0 Å². The molecule has 0 spiro atoms. The Morgan fingerprint density at radius 3 is 3.00 bits per heavy atom. The van der Waals surface area contributed by atoms with Gasteiger partial charge >= 0.3 is 0 Å². The van der Waals surface area contributed by atoms with Crippen molar-refractivity contribution in [3.8, 4) is 5.75 Å². The molecule has 0 bridgehead atoms. The van der Waals surface area contributed by atoms with Crippen molar-refractivity contribution in [2.24, 2.45) is 0 Å². The minimum absolute atomic E-state index is 0.00917. The van der Waals surface area contributed by atoms with Crippen molar-refractivity contribution in [3.63, 3.8) is 0 Å². The Balaban J connectivity index is 2.45. The number of hydroxylamine groups is 1. The monoisotopic (exact) mass is 179 g/mol. The quantitative estimate of drug-likeness (QED) is 0.622. The minimum Gasteiger partial charge on any atom is -0.485 e. The predicted octanol–water partition coefficient (Wildman–Crippen LogP) is 0.668. The summed E-state index contributed by atoms with van der Waals surface area (Å²) in [6.45, 7) is 0.00917. The van der Waals surface area contributed by atoms with Gasteiger partial charge in [-0.25, -0.2) is 0 Å². The van der Waals surface area contributed by atoms with E-state index >= 15 is 0 Å². The maximum atomic E-state index is 11.2. The summed E-state index contributed by atoms with van der Waals surface area (Å²) in [5.41, 5.74) is 2.66. The maximum Gasteiger partial charge on any atom is 0.193 e. The molecule has 4 heteroatoms. The highest BCUT2D eigenvalue weighted by molar-refractivity contribution is 5.88. The molecule has 1 aromatic carbocycles. The molecule has 1 heterocycles.